The van der Waals surface area contributed by atoms with Gasteiger partial charge in [-0.3, -0.25) is 14.4 Å². The van der Waals surface area contributed by atoms with Crippen LogP contribution in [0.25, 0.3) is 0 Å². The lowest BCUT2D eigenvalue weighted by Gasteiger charge is -2.70. The third-order valence-electron chi connectivity index (χ3n) is 13.3. The van der Waals surface area contributed by atoms with Gasteiger partial charge >= 0.3 is 11.9 Å². The van der Waals surface area contributed by atoms with Gasteiger partial charge in [-0.1, -0.05) is 54.0 Å². The largest absolute Gasteiger partial charge is 0.465 e. The average Bonchev–Trinajstić information content (AvgIpc) is 3.12. The molecule has 0 heterocycles. The maximum Gasteiger partial charge on any atom is 0.302 e. The van der Waals surface area contributed by atoms with Crippen molar-refractivity contribution in [3.8, 4) is 0 Å². The lowest BCUT2D eigenvalue weighted by molar-refractivity contribution is -0.213. The topological polar surface area (TPSA) is 69.7 Å². The van der Waals surface area contributed by atoms with Crippen LogP contribution in [-0.2, 0) is 23.9 Å². The highest BCUT2D eigenvalue weighted by atomic mass is 16.5. The molecule has 218 valence electrons. The molecule has 0 aromatic rings. The van der Waals surface area contributed by atoms with Crippen molar-refractivity contribution in [3.63, 3.8) is 0 Å². The van der Waals surface area contributed by atoms with Crippen LogP contribution in [0, 0.1) is 50.7 Å². The van der Waals surface area contributed by atoms with E-state index in [1.807, 2.05) is 0 Å². The van der Waals surface area contributed by atoms with E-state index in [2.05, 4.69) is 48.5 Å². The van der Waals surface area contributed by atoms with Gasteiger partial charge in [0.25, 0.3) is 0 Å². The van der Waals surface area contributed by atoms with Crippen LogP contribution >= 0.6 is 0 Å². The van der Waals surface area contributed by atoms with Crippen molar-refractivity contribution >= 4 is 17.7 Å². The monoisotopic (exact) mass is 540 g/mol. The van der Waals surface area contributed by atoms with E-state index >= 15 is 0 Å². The number of rotatable bonds is 4. The zero-order chi connectivity index (χ0) is 28.8. The number of Topliss-reactive ketones (excluding diaryl/α,β-unsaturated/α-hetero) is 1. The third-order valence-corrected chi connectivity index (χ3v) is 13.3. The first kappa shape index (κ1) is 28.9. The van der Waals surface area contributed by atoms with Crippen molar-refractivity contribution in [1.29, 1.82) is 0 Å². The Hall–Kier alpha value is -1.65. The molecule has 5 heteroatoms. The van der Waals surface area contributed by atoms with E-state index in [9.17, 15) is 14.4 Å². The molecule has 5 aliphatic carbocycles. The van der Waals surface area contributed by atoms with Gasteiger partial charge in [0.05, 0.1) is 0 Å². The van der Waals surface area contributed by atoms with Crippen LogP contribution in [0.3, 0.4) is 0 Å². The summed E-state index contributed by atoms with van der Waals surface area (Å²) in [6.45, 7) is 20.1. The Labute approximate surface area is 236 Å². The summed E-state index contributed by atoms with van der Waals surface area (Å²) in [5.74, 6) is 1.23. The molecule has 8 atom stereocenters. The number of carbonyl (C=O) groups excluding carboxylic acids is 3. The second kappa shape index (κ2) is 9.18. The molecule has 4 saturated carbocycles. The van der Waals surface area contributed by atoms with Gasteiger partial charge in [0, 0.05) is 37.0 Å². The molecule has 0 aromatic heterocycles. The summed E-state index contributed by atoms with van der Waals surface area (Å²) in [7, 11) is 0. The summed E-state index contributed by atoms with van der Waals surface area (Å²) in [5.41, 5.74) is 2.91. The van der Waals surface area contributed by atoms with Crippen molar-refractivity contribution in [2.75, 3.05) is 6.61 Å². The summed E-state index contributed by atoms with van der Waals surface area (Å²) in [4.78, 5) is 37.4. The first-order valence-corrected chi connectivity index (χ1v) is 15.6. The molecule has 5 rings (SSSR count). The lowest BCUT2D eigenvalue weighted by atomic mass is 9.34. The molecule has 0 aromatic carbocycles. The molecular weight excluding hydrogens is 488 g/mol. The zero-order valence-corrected chi connectivity index (χ0v) is 26.0. The Morgan fingerprint density at radius 1 is 0.897 bits per heavy atom. The minimum atomic E-state index is -0.319. The number of hydrogen-bond acceptors (Lipinski definition) is 5. The molecule has 5 aliphatic rings. The van der Waals surface area contributed by atoms with Crippen molar-refractivity contribution < 1.29 is 23.9 Å². The Balaban J connectivity index is 1.58. The fraction of sp³-hybridized carbons (Fsp3) is 0.853. The number of hydrogen-bond donors (Lipinski definition) is 0. The van der Waals surface area contributed by atoms with Crippen LogP contribution in [0.2, 0.25) is 0 Å². The Morgan fingerprint density at radius 2 is 1.59 bits per heavy atom. The van der Waals surface area contributed by atoms with Crippen LogP contribution in [-0.4, -0.2) is 30.4 Å². The Kier molecular flexibility index (Phi) is 6.79. The summed E-state index contributed by atoms with van der Waals surface area (Å²) in [6, 6.07) is 0. The molecule has 3 unspecified atom stereocenters. The van der Waals surface area contributed by atoms with Gasteiger partial charge in [-0.15, -0.1) is 0 Å². The number of carbonyl (C=O) groups is 3. The molecule has 0 saturated heterocycles. The predicted molar refractivity (Wildman–Crippen MR) is 152 cm³/mol. The number of ketones is 1. The van der Waals surface area contributed by atoms with E-state index < -0.39 is 0 Å². The van der Waals surface area contributed by atoms with Gasteiger partial charge < -0.3 is 9.47 Å². The van der Waals surface area contributed by atoms with Crippen molar-refractivity contribution in [2.24, 2.45) is 50.7 Å². The van der Waals surface area contributed by atoms with Crippen molar-refractivity contribution in [1.82, 2.24) is 0 Å². The van der Waals surface area contributed by atoms with Gasteiger partial charge in [0.1, 0.15) is 18.5 Å². The molecule has 4 fully saturated rings. The van der Waals surface area contributed by atoms with Gasteiger partial charge in [0.2, 0.25) is 0 Å². The van der Waals surface area contributed by atoms with Crippen molar-refractivity contribution in [3.05, 3.63) is 11.1 Å². The second-order valence-electron chi connectivity index (χ2n) is 15.7. The fourth-order valence-electron chi connectivity index (χ4n) is 11.4. The minimum Gasteiger partial charge on any atom is -0.465 e. The van der Waals surface area contributed by atoms with Crippen molar-refractivity contribution in [2.45, 2.75) is 126 Å². The first-order valence-electron chi connectivity index (χ1n) is 15.6. The van der Waals surface area contributed by atoms with Gasteiger partial charge in [-0.05, 0) is 90.9 Å². The summed E-state index contributed by atoms with van der Waals surface area (Å²) in [5, 5.41) is 0. The molecule has 0 spiro atoms. The van der Waals surface area contributed by atoms with E-state index in [0.29, 0.717) is 30.6 Å². The Bertz CT molecular complexity index is 1100. The third kappa shape index (κ3) is 3.94. The molecule has 0 amide bonds. The predicted octanol–water partition coefficient (Wildman–Crippen LogP) is 7.46. The maximum atomic E-state index is 13.6. The van der Waals surface area contributed by atoms with Gasteiger partial charge in [0.15, 0.2) is 0 Å². The molecule has 0 radical (unpaired) electrons. The highest BCUT2D eigenvalue weighted by Crippen LogP contribution is 2.76. The standard InChI is InChI=1S/C34H52O5/c1-20(2)28-24(37)18-34(19-38-21(3)35)17-16-32(8)23(29(28)34)10-11-26-31(7)14-13-27(39-22(4)36)30(5,6)25(31)12-15-33(26,32)9/h20,25-28H,10-19H2,1-9H3/t25?,26?,27-,28?,31-,32+,33+,34-/m0/s1. The van der Waals surface area contributed by atoms with Crippen LogP contribution in [0.4, 0.5) is 0 Å². The molecule has 0 aliphatic heterocycles. The average molecular weight is 541 g/mol. The maximum absolute atomic E-state index is 13.6. The van der Waals surface area contributed by atoms with E-state index in [-0.39, 0.29) is 57.0 Å². The second-order valence-corrected chi connectivity index (χ2v) is 15.7. The smallest absolute Gasteiger partial charge is 0.302 e. The van der Waals surface area contributed by atoms with Crippen LogP contribution in [0.5, 0.6) is 0 Å². The van der Waals surface area contributed by atoms with Gasteiger partial charge in [-0.25, -0.2) is 0 Å². The molecule has 0 bridgehead atoms. The van der Waals surface area contributed by atoms with E-state index in [0.717, 1.165) is 44.9 Å². The van der Waals surface area contributed by atoms with Crippen LogP contribution in [0.1, 0.15) is 120 Å². The van der Waals surface area contributed by atoms with E-state index in [1.54, 1.807) is 12.5 Å². The van der Waals surface area contributed by atoms with Crippen LogP contribution in [0.15, 0.2) is 11.1 Å². The number of fused-ring (bicyclic) bond motifs is 6. The highest BCUT2D eigenvalue weighted by molar-refractivity contribution is 5.90. The SMILES string of the molecule is CC(=O)OC[C@@]12CC[C@]3(C)C(=C1C(C(C)C)C(=O)C2)CCC1[C@@]2(C)CC[C@H](OC(C)=O)C(C)(C)C2CC[C@]13C. The summed E-state index contributed by atoms with van der Waals surface area (Å²) >= 11 is 0. The highest BCUT2D eigenvalue weighted by Gasteiger charge is 2.69. The molecule has 39 heavy (non-hydrogen) atoms. The first-order chi connectivity index (χ1) is 18.0. The summed E-state index contributed by atoms with van der Waals surface area (Å²) < 4.78 is 11.6. The Morgan fingerprint density at radius 3 is 2.21 bits per heavy atom. The van der Waals surface area contributed by atoms with Gasteiger partial charge in [-0.2, -0.15) is 0 Å². The van der Waals surface area contributed by atoms with Crippen LogP contribution < -0.4 is 0 Å². The normalized spacial score (nSPS) is 44.7. The zero-order valence-electron chi connectivity index (χ0n) is 26.0. The lowest BCUT2D eigenvalue weighted by Crippen LogP contribution is -2.64. The van der Waals surface area contributed by atoms with E-state index in [1.165, 1.54) is 18.9 Å². The quantitative estimate of drug-likeness (QED) is 0.273. The summed E-state index contributed by atoms with van der Waals surface area (Å²) in [6.07, 6.45) is 9.03. The number of allylic oxidation sites excluding steroid dienone is 1. The number of ether oxygens (including phenoxy) is 2. The molecule has 0 N–H and O–H groups in total. The molecular formula is C34H52O5. The fourth-order valence-corrected chi connectivity index (χ4v) is 11.4. The minimum absolute atomic E-state index is 0.0119. The number of esters is 2. The molecule has 5 nitrogen and oxygen atoms in total. The van der Waals surface area contributed by atoms with E-state index in [4.69, 9.17) is 9.47 Å².